The average molecular weight is 209 g/mol. The Kier molecular flexibility index (Phi) is 4.05. The molecule has 0 aliphatic carbocycles. The first-order valence-corrected chi connectivity index (χ1v) is 4.77. The van der Waals surface area contributed by atoms with Crippen molar-refractivity contribution in [2.24, 2.45) is 11.7 Å². The van der Waals surface area contributed by atoms with Gasteiger partial charge in [-0.2, -0.15) is 0 Å². The van der Waals surface area contributed by atoms with Crippen LogP contribution in [0.1, 0.15) is 13.3 Å². The van der Waals surface area contributed by atoms with Crippen LogP contribution in [-0.4, -0.2) is 22.5 Å². The Morgan fingerprint density at radius 2 is 2.47 bits per heavy atom. The summed E-state index contributed by atoms with van der Waals surface area (Å²) in [5.41, 5.74) is 5.40. The molecule has 1 heterocycles. The third kappa shape index (κ3) is 3.55. The number of hydrogen-bond donors (Lipinski definition) is 3. The van der Waals surface area contributed by atoms with E-state index < -0.39 is 0 Å². The number of aromatic hydroxyl groups is 1. The SMILES string of the molecule is CC(CN)CC(=O)Nc1ncccc1O. The first-order chi connectivity index (χ1) is 7.13. The fourth-order valence-corrected chi connectivity index (χ4v) is 1.08. The fourth-order valence-electron chi connectivity index (χ4n) is 1.08. The van der Waals surface area contributed by atoms with Crippen molar-refractivity contribution in [2.75, 3.05) is 11.9 Å². The van der Waals surface area contributed by atoms with Crippen LogP contribution in [0.25, 0.3) is 0 Å². The van der Waals surface area contributed by atoms with E-state index in [1.807, 2.05) is 6.92 Å². The first-order valence-electron chi connectivity index (χ1n) is 4.77. The molecule has 0 bridgehead atoms. The van der Waals surface area contributed by atoms with Crippen LogP contribution in [0.4, 0.5) is 5.82 Å². The van der Waals surface area contributed by atoms with Gasteiger partial charge >= 0.3 is 0 Å². The van der Waals surface area contributed by atoms with Gasteiger partial charge in [-0.1, -0.05) is 6.92 Å². The molecule has 5 heteroatoms. The molecule has 0 spiro atoms. The Morgan fingerprint density at radius 1 is 1.73 bits per heavy atom. The normalized spacial score (nSPS) is 12.1. The van der Waals surface area contributed by atoms with Crippen molar-refractivity contribution in [1.82, 2.24) is 4.98 Å². The number of rotatable bonds is 4. The predicted octanol–water partition coefficient (Wildman–Crippen LogP) is 0.711. The molecule has 0 aliphatic heterocycles. The molecule has 0 radical (unpaired) electrons. The van der Waals surface area contributed by atoms with Gasteiger partial charge in [-0.05, 0) is 24.6 Å². The molecular weight excluding hydrogens is 194 g/mol. The average Bonchev–Trinajstić information content (AvgIpc) is 2.21. The quantitative estimate of drug-likeness (QED) is 0.681. The molecule has 1 aromatic heterocycles. The number of hydrogen-bond acceptors (Lipinski definition) is 4. The summed E-state index contributed by atoms with van der Waals surface area (Å²) < 4.78 is 0. The molecule has 1 rings (SSSR count). The number of nitrogens with zero attached hydrogens (tertiary/aromatic N) is 1. The van der Waals surface area contributed by atoms with Gasteiger partial charge in [0.25, 0.3) is 0 Å². The maximum Gasteiger partial charge on any atom is 0.225 e. The van der Waals surface area contributed by atoms with Crippen molar-refractivity contribution in [3.8, 4) is 5.75 Å². The van der Waals surface area contributed by atoms with Crippen LogP contribution in [0.3, 0.4) is 0 Å². The lowest BCUT2D eigenvalue weighted by atomic mass is 10.1. The van der Waals surface area contributed by atoms with Crippen molar-refractivity contribution in [2.45, 2.75) is 13.3 Å². The Bertz CT molecular complexity index is 341. The number of carbonyl (C=O) groups is 1. The Hall–Kier alpha value is -1.62. The van der Waals surface area contributed by atoms with E-state index in [4.69, 9.17) is 5.73 Å². The molecular formula is C10H15N3O2. The number of aromatic nitrogens is 1. The zero-order chi connectivity index (χ0) is 11.3. The third-order valence-corrected chi connectivity index (χ3v) is 1.98. The van der Waals surface area contributed by atoms with Gasteiger partial charge in [0.1, 0.15) is 0 Å². The first kappa shape index (κ1) is 11.5. The summed E-state index contributed by atoms with van der Waals surface area (Å²) in [6, 6.07) is 3.06. The third-order valence-electron chi connectivity index (χ3n) is 1.98. The number of pyridine rings is 1. The topological polar surface area (TPSA) is 88.2 Å². The lowest BCUT2D eigenvalue weighted by Crippen LogP contribution is -2.20. The van der Waals surface area contributed by atoms with Gasteiger partial charge in [0.2, 0.25) is 5.91 Å². The number of nitrogens with two attached hydrogens (primary N) is 1. The molecule has 1 aromatic rings. The van der Waals surface area contributed by atoms with Gasteiger partial charge < -0.3 is 16.2 Å². The largest absolute Gasteiger partial charge is 0.504 e. The Labute approximate surface area is 88.3 Å². The van der Waals surface area contributed by atoms with Gasteiger partial charge in [0.15, 0.2) is 11.6 Å². The maximum atomic E-state index is 11.4. The number of amides is 1. The van der Waals surface area contributed by atoms with E-state index in [0.29, 0.717) is 13.0 Å². The van der Waals surface area contributed by atoms with E-state index in [1.54, 1.807) is 6.07 Å². The molecule has 0 aliphatic rings. The van der Waals surface area contributed by atoms with Crippen LogP contribution in [0.5, 0.6) is 5.75 Å². The van der Waals surface area contributed by atoms with E-state index in [0.717, 1.165) is 0 Å². The Balaban J connectivity index is 2.55. The summed E-state index contributed by atoms with van der Waals surface area (Å²) in [6.07, 6.45) is 1.83. The lowest BCUT2D eigenvalue weighted by Gasteiger charge is -2.09. The lowest BCUT2D eigenvalue weighted by molar-refractivity contribution is -0.116. The standard InChI is InChI=1S/C10H15N3O2/c1-7(6-11)5-9(15)13-10-8(14)3-2-4-12-10/h2-4,7,14H,5-6,11H2,1H3,(H,12,13,15). The van der Waals surface area contributed by atoms with Crippen LogP contribution in [-0.2, 0) is 4.79 Å². The minimum absolute atomic E-state index is 0.0359. The van der Waals surface area contributed by atoms with Crippen molar-refractivity contribution in [3.63, 3.8) is 0 Å². The van der Waals surface area contributed by atoms with Gasteiger partial charge in [0.05, 0.1) is 0 Å². The second-order valence-corrected chi connectivity index (χ2v) is 3.46. The van der Waals surface area contributed by atoms with Crippen LogP contribution in [0.15, 0.2) is 18.3 Å². The highest BCUT2D eigenvalue weighted by atomic mass is 16.3. The molecule has 15 heavy (non-hydrogen) atoms. The van der Waals surface area contributed by atoms with Crippen molar-refractivity contribution < 1.29 is 9.90 Å². The minimum Gasteiger partial charge on any atom is -0.504 e. The number of carbonyl (C=O) groups excluding carboxylic acids is 1. The molecule has 0 saturated carbocycles. The van der Waals surface area contributed by atoms with E-state index in [-0.39, 0.29) is 23.4 Å². The van der Waals surface area contributed by atoms with Crippen molar-refractivity contribution in [3.05, 3.63) is 18.3 Å². The summed E-state index contributed by atoms with van der Waals surface area (Å²) >= 11 is 0. The van der Waals surface area contributed by atoms with Crippen molar-refractivity contribution >= 4 is 11.7 Å². The number of nitrogens with one attached hydrogen (secondary N) is 1. The van der Waals surface area contributed by atoms with Crippen LogP contribution >= 0.6 is 0 Å². The maximum absolute atomic E-state index is 11.4. The summed E-state index contributed by atoms with van der Waals surface area (Å²) in [6.45, 7) is 2.35. The molecule has 5 nitrogen and oxygen atoms in total. The van der Waals surface area contributed by atoms with E-state index in [9.17, 15) is 9.90 Å². The summed E-state index contributed by atoms with van der Waals surface area (Å²) in [5.74, 6) is 0.0794. The van der Waals surface area contributed by atoms with Crippen LogP contribution in [0, 0.1) is 5.92 Å². The molecule has 0 saturated heterocycles. The highest BCUT2D eigenvalue weighted by molar-refractivity contribution is 5.91. The molecule has 1 unspecified atom stereocenters. The summed E-state index contributed by atoms with van der Waals surface area (Å²) in [7, 11) is 0. The molecule has 1 atom stereocenters. The second kappa shape index (κ2) is 5.31. The highest BCUT2D eigenvalue weighted by Crippen LogP contribution is 2.18. The minimum atomic E-state index is -0.193. The van der Waals surface area contributed by atoms with E-state index in [1.165, 1.54) is 12.3 Å². The monoisotopic (exact) mass is 209 g/mol. The molecule has 82 valence electrons. The predicted molar refractivity (Wildman–Crippen MR) is 57.4 cm³/mol. The van der Waals surface area contributed by atoms with Gasteiger partial charge in [-0.25, -0.2) is 4.98 Å². The van der Waals surface area contributed by atoms with E-state index >= 15 is 0 Å². The molecule has 1 amide bonds. The zero-order valence-electron chi connectivity index (χ0n) is 8.60. The van der Waals surface area contributed by atoms with Gasteiger partial charge in [0, 0.05) is 12.6 Å². The smallest absolute Gasteiger partial charge is 0.225 e. The van der Waals surface area contributed by atoms with Gasteiger partial charge in [-0.3, -0.25) is 4.79 Å². The van der Waals surface area contributed by atoms with Crippen LogP contribution in [0.2, 0.25) is 0 Å². The molecule has 4 N–H and O–H groups in total. The summed E-state index contributed by atoms with van der Waals surface area (Å²) in [5, 5.41) is 11.9. The number of anilines is 1. The van der Waals surface area contributed by atoms with Crippen molar-refractivity contribution in [1.29, 1.82) is 0 Å². The van der Waals surface area contributed by atoms with Gasteiger partial charge in [-0.15, -0.1) is 0 Å². The molecule has 0 fully saturated rings. The highest BCUT2D eigenvalue weighted by Gasteiger charge is 2.10. The van der Waals surface area contributed by atoms with E-state index in [2.05, 4.69) is 10.3 Å². The fraction of sp³-hybridized carbons (Fsp3) is 0.400. The van der Waals surface area contributed by atoms with Crippen LogP contribution < -0.4 is 11.1 Å². The summed E-state index contributed by atoms with van der Waals surface area (Å²) in [4.78, 5) is 15.3. The second-order valence-electron chi connectivity index (χ2n) is 3.46. The zero-order valence-corrected chi connectivity index (χ0v) is 8.60. The molecule has 0 aromatic carbocycles. The Morgan fingerprint density at radius 3 is 3.07 bits per heavy atom.